The van der Waals surface area contributed by atoms with Gasteiger partial charge < -0.3 is 35.7 Å². The fraction of sp³-hybridized carbons (Fsp3) is 1.00. The molecule has 14 atom stereocenters. The maximum Gasteiger partial charge on any atom is 0.0863 e. The molecule has 0 bridgehead atoms. The van der Waals surface area contributed by atoms with Crippen molar-refractivity contribution < 1.29 is 35.7 Å². The smallest absolute Gasteiger partial charge is 0.0863 e. The van der Waals surface area contributed by atoms with Gasteiger partial charge in [0, 0.05) is 24.9 Å². The van der Waals surface area contributed by atoms with E-state index in [9.17, 15) is 35.7 Å². The second-order valence-electron chi connectivity index (χ2n) is 13.2. The summed E-state index contributed by atoms with van der Waals surface area (Å²) in [6.07, 6.45) is 0.372. The topological polar surface area (TPSA) is 142 Å². The zero-order chi connectivity index (χ0) is 25.2. The molecule has 0 spiro atoms. The lowest BCUT2D eigenvalue weighted by molar-refractivity contribution is -0.280. The van der Waals surface area contributed by atoms with Crippen molar-refractivity contribution in [3.8, 4) is 0 Å². The van der Waals surface area contributed by atoms with E-state index in [-0.39, 0.29) is 36.7 Å². The van der Waals surface area contributed by atoms with Gasteiger partial charge in [-0.25, -0.2) is 0 Å². The SMILES string of the molecule is CC(CO)CCCC(C)[C@H]1[C@@H](O)[C@H](O)[C@@H]2[C@]1(C)CC[C@@H]1[C@@]3(C)CC[C@H](O)[C@H](O)[C@@H]3[C@@H](O)C[C@]12O. The monoisotopic (exact) mass is 484 g/mol. The number of hydrogen-bond donors (Lipinski definition) is 7. The predicted molar refractivity (Wildman–Crippen MR) is 128 cm³/mol. The quantitative estimate of drug-likeness (QED) is 0.302. The Kier molecular flexibility index (Phi) is 7.27. The van der Waals surface area contributed by atoms with Gasteiger partial charge in [0.25, 0.3) is 0 Å². The van der Waals surface area contributed by atoms with Crippen LogP contribution in [0.5, 0.6) is 0 Å². The van der Waals surface area contributed by atoms with Gasteiger partial charge in [0.1, 0.15) is 0 Å². The molecular weight excluding hydrogens is 436 g/mol. The molecule has 4 aliphatic carbocycles. The van der Waals surface area contributed by atoms with E-state index in [1.807, 2.05) is 13.8 Å². The highest BCUT2D eigenvalue weighted by molar-refractivity contribution is 5.22. The Bertz CT molecular complexity index is 734. The molecule has 4 rings (SSSR count). The van der Waals surface area contributed by atoms with Gasteiger partial charge in [-0.2, -0.15) is 0 Å². The minimum absolute atomic E-state index is 0.0425. The van der Waals surface area contributed by atoms with Crippen molar-refractivity contribution in [2.45, 2.75) is 115 Å². The summed E-state index contributed by atoms with van der Waals surface area (Å²) in [5, 5.41) is 76.6. The summed E-state index contributed by atoms with van der Waals surface area (Å²) in [5.74, 6) is -1.08. The zero-order valence-electron chi connectivity index (χ0n) is 21.3. The average molecular weight is 485 g/mol. The third kappa shape index (κ3) is 3.80. The van der Waals surface area contributed by atoms with E-state index in [4.69, 9.17) is 0 Å². The van der Waals surface area contributed by atoms with Crippen LogP contribution in [0.25, 0.3) is 0 Å². The van der Waals surface area contributed by atoms with Crippen LogP contribution in [0.15, 0.2) is 0 Å². The van der Waals surface area contributed by atoms with Crippen molar-refractivity contribution >= 4 is 0 Å². The first-order valence-corrected chi connectivity index (χ1v) is 13.6. The Balaban J connectivity index is 1.63. The molecule has 4 fully saturated rings. The van der Waals surface area contributed by atoms with Crippen LogP contribution in [0, 0.1) is 46.3 Å². The Morgan fingerprint density at radius 2 is 1.47 bits per heavy atom. The molecule has 0 aromatic heterocycles. The van der Waals surface area contributed by atoms with Gasteiger partial charge in [0.05, 0.1) is 36.1 Å². The third-order valence-electron chi connectivity index (χ3n) is 11.2. The first-order chi connectivity index (χ1) is 15.8. The fourth-order valence-electron chi connectivity index (χ4n) is 9.69. The van der Waals surface area contributed by atoms with Gasteiger partial charge in [-0.3, -0.25) is 0 Å². The largest absolute Gasteiger partial charge is 0.396 e. The highest BCUT2D eigenvalue weighted by Crippen LogP contribution is 2.69. The van der Waals surface area contributed by atoms with Crippen molar-refractivity contribution in [2.24, 2.45) is 46.3 Å². The molecule has 7 N–H and O–H groups in total. The van der Waals surface area contributed by atoms with Gasteiger partial charge in [-0.15, -0.1) is 0 Å². The van der Waals surface area contributed by atoms with Gasteiger partial charge >= 0.3 is 0 Å². The van der Waals surface area contributed by atoms with Crippen molar-refractivity contribution in [3.05, 3.63) is 0 Å². The molecular formula is C27H48O7. The molecule has 0 amide bonds. The van der Waals surface area contributed by atoms with Crippen LogP contribution in [0.4, 0.5) is 0 Å². The summed E-state index contributed by atoms with van der Waals surface area (Å²) in [6.45, 7) is 8.44. The van der Waals surface area contributed by atoms with E-state index in [0.29, 0.717) is 19.3 Å². The molecule has 0 aromatic rings. The summed E-state index contributed by atoms with van der Waals surface area (Å²) < 4.78 is 0. The Morgan fingerprint density at radius 1 is 0.824 bits per heavy atom. The molecule has 0 saturated heterocycles. The molecule has 0 radical (unpaired) electrons. The van der Waals surface area contributed by atoms with Crippen LogP contribution in [0.3, 0.4) is 0 Å². The summed E-state index contributed by atoms with van der Waals surface area (Å²) in [5.41, 5.74) is -2.37. The number of hydrogen-bond acceptors (Lipinski definition) is 7. The summed E-state index contributed by atoms with van der Waals surface area (Å²) in [7, 11) is 0. The zero-order valence-corrected chi connectivity index (χ0v) is 21.3. The standard InChI is InChI=1S/C27H48O7/c1-14(13-28)6-5-7-15(2)19-22(32)23(33)24-26(19,4)11-9-18-25(3)10-8-16(29)21(31)20(25)17(30)12-27(18,24)34/h14-24,28-34H,5-13H2,1-4H3/t14?,15?,16-,17-,18+,19-,20-,21-,22+,23-,24+,25+,26+,27-/m0/s1. The van der Waals surface area contributed by atoms with Crippen LogP contribution in [-0.2, 0) is 0 Å². The van der Waals surface area contributed by atoms with Crippen LogP contribution >= 0.6 is 0 Å². The molecule has 2 unspecified atom stereocenters. The minimum atomic E-state index is -1.35. The Hall–Kier alpha value is -0.280. The number of aliphatic hydroxyl groups is 7. The van der Waals surface area contributed by atoms with E-state index in [1.165, 1.54) is 0 Å². The van der Waals surface area contributed by atoms with Gasteiger partial charge in [0.15, 0.2) is 0 Å². The molecule has 4 saturated carbocycles. The predicted octanol–water partition coefficient (Wildman–Crippen LogP) is 1.44. The molecule has 4 aliphatic rings. The van der Waals surface area contributed by atoms with Gasteiger partial charge in [-0.1, -0.05) is 40.5 Å². The van der Waals surface area contributed by atoms with Gasteiger partial charge in [-0.05, 0) is 66.6 Å². The highest BCUT2D eigenvalue weighted by Gasteiger charge is 2.73. The number of rotatable bonds is 6. The molecule has 34 heavy (non-hydrogen) atoms. The van der Waals surface area contributed by atoms with Gasteiger partial charge in [0.2, 0.25) is 0 Å². The van der Waals surface area contributed by atoms with Crippen molar-refractivity contribution in [1.29, 1.82) is 0 Å². The lowest BCUT2D eigenvalue weighted by Crippen LogP contribution is -2.71. The summed E-state index contributed by atoms with van der Waals surface area (Å²) in [6, 6.07) is 0. The number of fused-ring (bicyclic) bond motifs is 5. The van der Waals surface area contributed by atoms with Crippen LogP contribution in [0.2, 0.25) is 0 Å². The molecule has 198 valence electrons. The van der Waals surface area contributed by atoms with Crippen LogP contribution in [-0.4, -0.2) is 78.5 Å². The normalized spacial score (nSPS) is 54.6. The first-order valence-electron chi connectivity index (χ1n) is 13.6. The maximum absolute atomic E-state index is 12.3. The lowest BCUT2D eigenvalue weighted by Gasteiger charge is -2.66. The summed E-state index contributed by atoms with van der Waals surface area (Å²) in [4.78, 5) is 0. The number of aliphatic hydroxyl groups excluding tert-OH is 6. The average Bonchev–Trinajstić information content (AvgIpc) is 2.96. The first kappa shape index (κ1) is 26.8. The molecule has 0 heterocycles. The van der Waals surface area contributed by atoms with E-state index in [2.05, 4.69) is 13.8 Å². The molecule has 7 heteroatoms. The van der Waals surface area contributed by atoms with Crippen molar-refractivity contribution in [3.63, 3.8) is 0 Å². The van der Waals surface area contributed by atoms with E-state index in [1.54, 1.807) is 0 Å². The van der Waals surface area contributed by atoms with E-state index in [0.717, 1.165) is 25.7 Å². The summed E-state index contributed by atoms with van der Waals surface area (Å²) >= 11 is 0. The second-order valence-corrected chi connectivity index (χ2v) is 13.2. The van der Waals surface area contributed by atoms with E-state index < -0.39 is 58.8 Å². The van der Waals surface area contributed by atoms with Crippen LogP contribution < -0.4 is 0 Å². The maximum atomic E-state index is 12.3. The lowest BCUT2D eigenvalue weighted by atomic mass is 9.41. The van der Waals surface area contributed by atoms with Crippen molar-refractivity contribution in [1.82, 2.24) is 0 Å². The second kappa shape index (κ2) is 9.23. The Labute approximate surface area is 204 Å². The van der Waals surface area contributed by atoms with E-state index >= 15 is 0 Å². The van der Waals surface area contributed by atoms with Crippen molar-refractivity contribution in [2.75, 3.05) is 6.61 Å². The minimum Gasteiger partial charge on any atom is -0.396 e. The van der Waals surface area contributed by atoms with Crippen LogP contribution in [0.1, 0.15) is 79.1 Å². The fourth-order valence-corrected chi connectivity index (χ4v) is 9.69. The third-order valence-corrected chi connectivity index (χ3v) is 11.2. The Morgan fingerprint density at radius 3 is 2.12 bits per heavy atom. The molecule has 0 aromatic carbocycles. The highest BCUT2D eigenvalue weighted by atomic mass is 16.3. The molecule has 0 aliphatic heterocycles. The molecule has 7 nitrogen and oxygen atoms in total.